The Balaban J connectivity index is 1.46. The van der Waals surface area contributed by atoms with Gasteiger partial charge in [0.1, 0.15) is 17.1 Å². The molecule has 2 fully saturated rings. The molecule has 2 atom stereocenters. The molecular formula is C21H27ClN6O3. The third kappa shape index (κ3) is 4.61. The van der Waals surface area contributed by atoms with Crippen LogP contribution < -0.4 is 15.8 Å². The zero-order valence-electron chi connectivity index (χ0n) is 18.1. The number of anilines is 3. The smallest absolute Gasteiger partial charge is 0.410 e. The SMILES string of the molecule is Cn1nc(Cl)cc(Nc2ccc(N3[C@@H]4CC[C@H]3CN(C(=O)OC(C)(C)C)C4)cn2)c1=O. The molecule has 31 heavy (non-hydrogen) atoms. The van der Waals surface area contributed by atoms with E-state index in [0.29, 0.717) is 24.6 Å². The van der Waals surface area contributed by atoms with E-state index in [1.807, 2.05) is 37.8 Å². The molecule has 2 aliphatic heterocycles. The summed E-state index contributed by atoms with van der Waals surface area (Å²) in [5.41, 5.74) is 0.531. The predicted molar refractivity (Wildman–Crippen MR) is 119 cm³/mol. The highest BCUT2D eigenvalue weighted by Crippen LogP contribution is 2.35. The van der Waals surface area contributed by atoms with Crippen molar-refractivity contribution in [1.82, 2.24) is 19.7 Å². The summed E-state index contributed by atoms with van der Waals surface area (Å²) in [5.74, 6) is 0.544. The number of hydrogen-bond donors (Lipinski definition) is 1. The molecular weight excluding hydrogens is 420 g/mol. The number of carbonyl (C=O) groups excluding carboxylic acids is 1. The summed E-state index contributed by atoms with van der Waals surface area (Å²) in [6.45, 7) is 6.92. The first-order chi connectivity index (χ1) is 14.6. The first kappa shape index (κ1) is 21.4. The Morgan fingerprint density at radius 1 is 1.23 bits per heavy atom. The van der Waals surface area contributed by atoms with Crippen molar-refractivity contribution in [2.24, 2.45) is 7.05 Å². The number of carbonyl (C=O) groups is 1. The van der Waals surface area contributed by atoms with Gasteiger partial charge in [0.2, 0.25) is 0 Å². The molecule has 0 radical (unpaired) electrons. The quantitative estimate of drug-likeness (QED) is 0.774. The van der Waals surface area contributed by atoms with Gasteiger partial charge in [0.25, 0.3) is 5.56 Å². The van der Waals surface area contributed by atoms with E-state index in [0.717, 1.165) is 18.5 Å². The number of likely N-dealkylation sites (tertiary alicyclic amines) is 1. The van der Waals surface area contributed by atoms with Gasteiger partial charge in [-0.2, -0.15) is 5.10 Å². The number of nitrogens with one attached hydrogen (secondary N) is 1. The minimum Gasteiger partial charge on any atom is -0.444 e. The molecule has 2 aliphatic rings. The molecule has 9 nitrogen and oxygen atoms in total. The maximum Gasteiger partial charge on any atom is 0.410 e. The van der Waals surface area contributed by atoms with Gasteiger partial charge < -0.3 is 19.9 Å². The molecule has 0 spiro atoms. The van der Waals surface area contributed by atoms with Crippen LogP contribution >= 0.6 is 11.6 Å². The number of ether oxygens (including phenoxy) is 1. The fraction of sp³-hybridized carbons (Fsp3) is 0.524. The molecule has 10 heteroatoms. The Hall–Kier alpha value is -2.81. The first-order valence-corrected chi connectivity index (χ1v) is 10.7. The minimum atomic E-state index is -0.500. The number of aromatic nitrogens is 3. The van der Waals surface area contributed by atoms with E-state index in [1.54, 1.807) is 13.2 Å². The van der Waals surface area contributed by atoms with Gasteiger partial charge in [0.15, 0.2) is 5.15 Å². The van der Waals surface area contributed by atoms with Gasteiger partial charge in [0.05, 0.1) is 11.9 Å². The van der Waals surface area contributed by atoms with Crippen molar-refractivity contribution >= 4 is 34.9 Å². The number of fused-ring (bicyclic) bond motifs is 2. The maximum atomic E-state index is 12.5. The van der Waals surface area contributed by atoms with Crippen LogP contribution in [0, 0.1) is 0 Å². The zero-order valence-corrected chi connectivity index (χ0v) is 18.9. The third-order valence-electron chi connectivity index (χ3n) is 5.48. The lowest BCUT2D eigenvalue weighted by Gasteiger charge is -2.42. The van der Waals surface area contributed by atoms with Gasteiger partial charge in [-0.3, -0.25) is 4.79 Å². The number of amides is 1. The Morgan fingerprint density at radius 2 is 1.90 bits per heavy atom. The molecule has 1 amide bonds. The summed E-state index contributed by atoms with van der Waals surface area (Å²) < 4.78 is 6.73. The lowest BCUT2D eigenvalue weighted by Crippen LogP contribution is -2.56. The highest BCUT2D eigenvalue weighted by Gasteiger charge is 2.42. The average molecular weight is 447 g/mol. The molecule has 2 bridgehead atoms. The number of halogens is 1. The Kier molecular flexibility index (Phi) is 5.55. The average Bonchev–Trinajstić information content (AvgIpc) is 2.94. The lowest BCUT2D eigenvalue weighted by atomic mass is 10.1. The van der Waals surface area contributed by atoms with Crippen molar-refractivity contribution in [1.29, 1.82) is 0 Å². The number of pyridine rings is 1. The summed E-state index contributed by atoms with van der Waals surface area (Å²) >= 11 is 5.95. The summed E-state index contributed by atoms with van der Waals surface area (Å²) in [6.07, 6.45) is 3.59. The number of rotatable bonds is 3. The van der Waals surface area contributed by atoms with Crippen molar-refractivity contribution in [3.63, 3.8) is 0 Å². The van der Waals surface area contributed by atoms with Crippen molar-refractivity contribution in [2.45, 2.75) is 51.3 Å². The first-order valence-electron chi connectivity index (χ1n) is 10.3. The molecule has 2 aromatic rings. The molecule has 4 heterocycles. The molecule has 2 saturated heterocycles. The van der Waals surface area contributed by atoms with Gasteiger partial charge >= 0.3 is 6.09 Å². The molecule has 0 unspecified atom stereocenters. The Bertz CT molecular complexity index is 1020. The normalized spacial score (nSPS) is 20.7. The van der Waals surface area contributed by atoms with Crippen LogP contribution in [0.5, 0.6) is 0 Å². The van der Waals surface area contributed by atoms with Crippen LogP contribution in [0.3, 0.4) is 0 Å². The molecule has 0 aliphatic carbocycles. The van der Waals surface area contributed by atoms with E-state index < -0.39 is 5.60 Å². The largest absolute Gasteiger partial charge is 0.444 e. The van der Waals surface area contributed by atoms with Crippen LogP contribution in [-0.4, -0.2) is 56.5 Å². The second-order valence-corrected chi connectivity index (χ2v) is 9.40. The van der Waals surface area contributed by atoms with E-state index >= 15 is 0 Å². The van der Waals surface area contributed by atoms with E-state index in [4.69, 9.17) is 16.3 Å². The van der Waals surface area contributed by atoms with Gasteiger partial charge in [-0.25, -0.2) is 14.5 Å². The van der Waals surface area contributed by atoms with Crippen LogP contribution in [0.2, 0.25) is 5.15 Å². The number of nitrogens with zero attached hydrogens (tertiary/aromatic N) is 5. The van der Waals surface area contributed by atoms with Crippen molar-refractivity contribution in [3.8, 4) is 0 Å². The van der Waals surface area contributed by atoms with E-state index in [2.05, 4.69) is 20.3 Å². The van der Waals surface area contributed by atoms with Crippen LogP contribution in [0.4, 0.5) is 22.0 Å². The van der Waals surface area contributed by atoms with Crippen molar-refractivity contribution in [3.05, 3.63) is 39.9 Å². The van der Waals surface area contributed by atoms with Gasteiger partial charge in [-0.15, -0.1) is 0 Å². The predicted octanol–water partition coefficient (Wildman–Crippen LogP) is 3.16. The molecule has 4 rings (SSSR count). The summed E-state index contributed by atoms with van der Waals surface area (Å²) in [6, 6.07) is 5.77. The molecule has 1 N–H and O–H groups in total. The number of hydrogen-bond acceptors (Lipinski definition) is 7. The zero-order chi connectivity index (χ0) is 22.3. The minimum absolute atomic E-state index is 0.223. The van der Waals surface area contributed by atoms with Crippen LogP contribution in [0.15, 0.2) is 29.2 Å². The number of aryl methyl sites for hydroxylation is 1. The summed E-state index contributed by atoms with van der Waals surface area (Å²) in [5, 5.41) is 7.11. The second kappa shape index (κ2) is 8.03. The Morgan fingerprint density at radius 3 is 2.48 bits per heavy atom. The Labute approximate surface area is 186 Å². The monoisotopic (exact) mass is 446 g/mol. The van der Waals surface area contributed by atoms with E-state index in [9.17, 15) is 9.59 Å². The van der Waals surface area contributed by atoms with Gasteiger partial charge in [-0.1, -0.05) is 11.6 Å². The van der Waals surface area contributed by atoms with Crippen molar-refractivity contribution < 1.29 is 9.53 Å². The van der Waals surface area contributed by atoms with Crippen LogP contribution in [-0.2, 0) is 11.8 Å². The second-order valence-electron chi connectivity index (χ2n) is 9.01. The number of piperazine rings is 1. The molecule has 0 saturated carbocycles. The van der Waals surface area contributed by atoms with E-state index in [-0.39, 0.29) is 28.9 Å². The maximum absolute atomic E-state index is 12.5. The van der Waals surface area contributed by atoms with E-state index in [1.165, 1.54) is 10.7 Å². The molecule has 0 aromatic carbocycles. The highest BCUT2D eigenvalue weighted by molar-refractivity contribution is 6.29. The fourth-order valence-corrected chi connectivity index (χ4v) is 4.44. The fourth-order valence-electron chi connectivity index (χ4n) is 4.21. The molecule has 166 valence electrons. The summed E-state index contributed by atoms with van der Waals surface area (Å²) in [4.78, 5) is 33.3. The third-order valence-corrected chi connectivity index (χ3v) is 5.66. The molecule has 2 aromatic heterocycles. The van der Waals surface area contributed by atoms with Gasteiger partial charge in [0, 0.05) is 38.3 Å². The summed E-state index contributed by atoms with van der Waals surface area (Å²) in [7, 11) is 1.54. The van der Waals surface area contributed by atoms with Crippen LogP contribution in [0.1, 0.15) is 33.6 Å². The van der Waals surface area contributed by atoms with Gasteiger partial charge in [-0.05, 0) is 45.7 Å². The van der Waals surface area contributed by atoms with Crippen LogP contribution in [0.25, 0.3) is 0 Å². The lowest BCUT2D eigenvalue weighted by molar-refractivity contribution is 0.0209. The highest BCUT2D eigenvalue weighted by atomic mass is 35.5. The standard InChI is InChI=1S/C21H27ClN6O3/c1-21(2,3)31-20(30)27-11-14-5-6-15(12-27)28(14)13-7-8-18(23-10-13)24-16-9-17(22)25-26(4)19(16)29/h7-10,14-15H,5-6,11-12H2,1-4H3,(H,23,24)/t14-,15+. The topological polar surface area (TPSA) is 92.6 Å². The van der Waals surface area contributed by atoms with Crippen molar-refractivity contribution in [2.75, 3.05) is 23.3 Å².